The van der Waals surface area contributed by atoms with Crippen LogP contribution in [0.4, 0.5) is 0 Å². The van der Waals surface area contributed by atoms with Crippen molar-refractivity contribution in [2.75, 3.05) is 13.4 Å². The molecule has 4 aliphatic rings. The number of nitrogens with two attached hydrogens (primary N) is 1. The van der Waals surface area contributed by atoms with Crippen LogP contribution in [0.15, 0.2) is 102 Å². The number of aliphatic hydroxyl groups is 2. The normalized spacial score (nSPS) is 31.9. The van der Waals surface area contributed by atoms with Crippen molar-refractivity contribution < 1.29 is 67.3 Å². The van der Waals surface area contributed by atoms with Gasteiger partial charge in [-0.25, -0.2) is 9.59 Å². The standard InChI is InChI=1S/C47H53NO14/c1-26-32(60-43(54)38(36(48)29-16-10-7-11-17-29)58-25-57-31-20-14-9-15-21-31)23-47(55)41(61-42(53)30-18-12-8-13-19-30)39-45(6,33(51)22-34-46(39,24-56-34)62-28(3)50)40(52)37(59-27(2)49)35(26)44(47,4)5/h7-21,32-34,36-39,41,51,55H,22-25,48H2,1-6H3/t32-,33-,34+,36-,37+,38+,39-,41-,45+,46-,47+/m0/s1. The van der Waals surface area contributed by atoms with E-state index in [0.29, 0.717) is 11.3 Å². The number of aliphatic hydroxyl groups excluding tert-OH is 1. The maximum atomic E-state index is 15.5. The van der Waals surface area contributed by atoms with Gasteiger partial charge in [0.1, 0.15) is 29.7 Å². The second-order valence-corrected chi connectivity index (χ2v) is 17.3. The summed E-state index contributed by atoms with van der Waals surface area (Å²) in [6, 6.07) is 24.4. The number of carbonyl (C=O) groups excluding carboxylic acids is 5. The smallest absolute Gasteiger partial charge is 0.338 e. The number of carbonyl (C=O) groups is 5. The minimum atomic E-state index is -2.33. The molecule has 0 unspecified atom stereocenters. The Hall–Kier alpha value is -5.45. The number of fused-ring (bicyclic) bond motifs is 5. The third kappa shape index (κ3) is 7.59. The molecule has 0 radical (unpaired) electrons. The Morgan fingerprint density at radius 3 is 2.06 bits per heavy atom. The predicted molar refractivity (Wildman–Crippen MR) is 219 cm³/mol. The van der Waals surface area contributed by atoms with Gasteiger partial charge >= 0.3 is 23.9 Å². The molecule has 1 saturated heterocycles. The Bertz CT molecular complexity index is 2210. The molecule has 3 fully saturated rings. The van der Waals surface area contributed by atoms with Crippen LogP contribution in [0.5, 0.6) is 5.75 Å². The molecule has 2 bridgehead atoms. The van der Waals surface area contributed by atoms with Crippen LogP contribution in [0.2, 0.25) is 0 Å². The summed E-state index contributed by atoms with van der Waals surface area (Å²) in [5.41, 5.74) is -0.0629. The monoisotopic (exact) mass is 855 g/mol. The highest BCUT2D eigenvalue weighted by atomic mass is 16.7. The SMILES string of the molecule is CC(=O)O[C@H]1C(=O)[C@@]2(C)[C@H]([C@H](OC(=O)c3ccccc3)[C@]3(O)C[C@H](OC(=O)[C@H](OCOc4ccccc4)[C@@H](N)c4ccccc4)C(C)=C1C3(C)C)[C@]1(OC(C)=O)CO[C@@H]1C[C@@H]2O. The topological polar surface area (TPSA) is 216 Å². The van der Waals surface area contributed by atoms with Crippen molar-refractivity contribution >= 4 is 29.7 Å². The third-order valence-electron chi connectivity index (χ3n) is 13.4. The molecule has 0 spiro atoms. The number of para-hydroxylation sites is 1. The molecule has 3 aromatic rings. The van der Waals surface area contributed by atoms with Crippen LogP contribution in [0.3, 0.4) is 0 Å². The van der Waals surface area contributed by atoms with Crippen molar-refractivity contribution in [3.63, 3.8) is 0 Å². The molecule has 11 atom stereocenters. The van der Waals surface area contributed by atoms with Gasteiger partial charge in [-0.05, 0) is 54.8 Å². The summed E-state index contributed by atoms with van der Waals surface area (Å²) in [5, 5.41) is 25.8. The van der Waals surface area contributed by atoms with Gasteiger partial charge in [-0.15, -0.1) is 0 Å². The summed E-state index contributed by atoms with van der Waals surface area (Å²) in [6.45, 7) is 7.82. The van der Waals surface area contributed by atoms with E-state index in [2.05, 4.69) is 0 Å². The molecule has 1 aliphatic heterocycles. The largest absolute Gasteiger partial charge is 0.468 e. The van der Waals surface area contributed by atoms with Crippen LogP contribution in [0.25, 0.3) is 0 Å². The molecule has 15 heteroatoms. The average Bonchev–Trinajstić information content (AvgIpc) is 3.24. The van der Waals surface area contributed by atoms with Gasteiger partial charge in [0.15, 0.2) is 30.4 Å². The highest BCUT2D eigenvalue weighted by Gasteiger charge is 2.78. The van der Waals surface area contributed by atoms with E-state index in [4.69, 9.17) is 38.9 Å². The highest BCUT2D eigenvalue weighted by Crippen LogP contribution is 2.64. The number of ether oxygens (including phenoxy) is 7. The van der Waals surface area contributed by atoms with Crippen molar-refractivity contribution in [1.29, 1.82) is 0 Å². The van der Waals surface area contributed by atoms with Gasteiger partial charge in [0.25, 0.3) is 0 Å². The van der Waals surface area contributed by atoms with Crippen LogP contribution in [0, 0.1) is 16.7 Å². The van der Waals surface area contributed by atoms with Crippen LogP contribution in [-0.4, -0.2) is 101 Å². The number of hydrogen-bond donors (Lipinski definition) is 3. The summed E-state index contributed by atoms with van der Waals surface area (Å²) < 4.78 is 42.4. The number of benzene rings is 3. The van der Waals surface area contributed by atoms with Crippen molar-refractivity contribution in [2.24, 2.45) is 22.5 Å². The van der Waals surface area contributed by atoms with Crippen LogP contribution in [-0.2, 0) is 47.6 Å². The van der Waals surface area contributed by atoms with Crippen molar-refractivity contribution in [1.82, 2.24) is 0 Å². The van der Waals surface area contributed by atoms with Gasteiger partial charge in [0.2, 0.25) is 0 Å². The van der Waals surface area contributed by atoms with E-state index in [1.54, 1.807) is 93.6 Å². The summed E-state index contributed by atoms with van der Waals surface area (Å²) in [4.78, 5) is 70.4. The van der Waals surface area contributed by atoms with E-state index in [1.807, 2.05) is 6.07 Å². The van der Waals surface area contributed by atoms with Crippen molar-refractivity contribution in [3.8, 4) is 5.75 Å². The van der Waals surface area contributed by atoms with E-state index in [0.717, 1.165) is 6.92 Å². The highest BCUT2D eigenvalue weighted by molar-refractivity contribution is 5.95. The van der Waals surface area contributed by atoms with E-state index < -0.39 is 113 Å². The lowest BCUT2D eigenvalue weighted by Crippen LogP contribution is -2.82. The van der Waals surface area contributed by atoms with E-state index in [-0.39, 0.29) is 29.7 Å². The summed E-state index contributed by atoms with van der Waals surface area (Å²) in [5.74, 6) is -5.35. The lowest BCUT2D eigenvalue weighted by Gasteiger charge is -2.67. The summed E-state index contributed by atoms with van der Waals surface area (Å²) in [6.07, 6.45) is -9.60. The molecule has 15 nitrogen and oxygen atoms in total. The first-order chi connectivity index (χ1) is 29.4. The molecule has 0 aromatic heterocycles. The second kappa shape index (κ2) is 17.0. The molecule has 7 rings (SSSR count). The molecule has 1 heterocycles. The Labute approximate surface area is 359 Å². The molecule has 330 valence electrons. The van der Waals surface area contributed by atoms with E-state index in [9.17, 15) is 29.4 Å². The Morgan fingerprint density at radius 1 is 0.871 bits per heavy atom. The van der Waals surface area contributed by atoms with E-state index >= 15 is 4.79 Å². The van der Waals surface area contributed by atoms with Gasteiger partial charge in [-0.1, -0.05) is 80.6 Å². The fraction of sp³-hybridized carbons (Fsp3) is 0.468. The predicted octanol–water partition coefficient (Wildman–Crippen LogP) is 4.33. The Morgan fingerprint density at radius 2 is 1.48 bits per heavy atom. The zero-order chi connectivity index (χ0) is 44.8. The Balaban J connectivity index is 1.39. The zero-order valence-corrected chi connectivity index (χ0v) is 35.5. The second-order valence-electron chi connectivity index (χ2n) is 17.3. The minimum Gasteiger partial charge on any atom is -0.468 e. The molecule has 3 aliphatic carbocycles. The number of ketones is 1. The molecule has 0 amide bonds. The molecular formula is C47H53NO14. The number of rotatable bonds is 12. The van der Waals surface area contributed by atoms with Gasteiger partial charge in [-0.2, -0.15) is 0 Å². The summed E-state index contributed by atoms with van der Waals surface area (Å²) in [7, 11) is 0. The molecular weight excluding hydrogens is 803 g/mol. The maximum absolute atomic E-state index is 15.5. The molecule has 3 aromatic carbocycles. The summed E-state index contributed by atoms with van der Waals surface area (Å²) >= 11 is 0. The van der Waals surface area contributed by atoms with Gasteiger partial charge < -0.3 is 49.1 Å². The van der Waals surface area contributed by atoms with Crippen LogP contribution in [0.1, 0.15) is 76.3 Å². The fourth-order valence-corrected chi connectivity index (χ4v) is 10.1. The van der Waals surface area contributed by atoms with Crippen molar-refractivity contribution in [3.05, 3.63) is 113 Å². The number of Topliss-reactive ketones (excluding diaryl/α,β-unsaturated/α-hetero) is 1. The number of esters is 4. The first-order valence-electron chi connectivity index (χ1n) is 20.6. The zero-order valence-electron chi connectivity index (χ0n) is 35.5. The molecule has 62 heavy (non-hydrogen) atoms. The lowest BCUT2D eigenvalue weighted by molar-refractivity contribution is -0.346. The average molecular weight is 856 g/mol. The third-order valence-corrected chi connectivity index (χ3v) is 13.4. The van der Waals surface area contributed by atoms with Crippen LogP contribution < -0.4 is 10.5 Å². The lowest BCUT2D eigenvalue weighted by atomic mass is 9.44. The van der Waals surface area contributed by atoms with Gasteiger partial charge in [0, 0.05) is 32.1 Å². The maximum Gasteiger partial charge on any atom is 0.338 e. The van der Waals surface area contributed by atoms with Gasteiger partial charge in [0.05, 0.1) is 35.6 Å². The Kier molecular flexibility index (Phi) is 12.2. The van der Waals surface area contributed by atoms with E-state index in [1.165, 1.54) is 26.0 Å². The fourth-order valence-electron chi connectivity index (χ4n) is 10.1. The first kappa shape index (κ1) is 44.6. The first-order valence-corrected chi connectivity index (χ1v) is 20.6. The number of hydrogen-bond acceptors (Lipinski definition) is 15. The molecule has 4 N–H and O–H groups in total. The molecule has 2 saturated carbocycles. The van der Waals surface area contributed by atoms with Crippen molar-refractivity contribution in [2.45, 2.75) is 108 Å². The van der Waals surface area contributed by atoms with Crippen LogP contribution >= 0.6 is 0 Å². The minimum absolute atomic E-state index is 0.0580. The quantitative estimate of drug-likeness (QED) is 0.100. The van der Waals surface area contributed by atoms with Gasteiger partial charge in [-0.3, -0.25) is 14.4 Å².